The van der Waals surface area contributed by atoms with Gasteiger partial charge in [0, 0.05) is 12.8 Å². The molecule has 0 saturated heterocycles. The van der Waals surface area contributed by atoms with E-state index in [1.807, 2.05) is 0 Å². The van der Waals surface area contributed by atoms with Gasteiger partial charge in [-0.15, -0.1) is 0 Å². The molecule has 0 spiro atoms. The smallest absolute Gasteiger partial charge is 0.305 e. The summed E-state index contributed by atoms with van der Waals surface area (Å²) in [6.07, 6.45) is 23.6. The van der Waals surface area contributed by atoms with Crippen LogP contribution in [-0.4, -0.2) is 25.2 Å². The van der Waals surface area contributed by atoms with E-state index in [2.05, 4.69) is 13.8 Å². The molecular weight excluding hydrogens is 388 g/mol. The Morgan fingerprint density at radius 1 is 0.419 bits per heavy atom. The first-order valence-corrected chi connectivity index (χ1v) is 13.5. The zero-order valence-corrected chi connectivity index (χ0v) is 20.9. The second-order valence-electron chi connectivity index (χ2n) is 8.95. The Morgan fingerprint density at radius 3 is 1.10 bits per heavy atom. The topological polar surface area (TPSA) is 52.6 Å². The van der Waals surface area contributed by atoms with Gasteiger partial charge < -0.3 is 9.47 Å². The van der Waals surface area contributed by atoms with Gasteiger partial charge >= 0.3 is 11.9 Å². The second kappa shape index (κ2) is 25.2. The molecule has 4 heteroatoms. The molecule has 0 aromatic carbocycles. The quantitative estimate of drug-likeness (QED) is 0.112. The van der Waals surface area contributed by atoms with Gasteiger partial charge in [-0.2, -0.15) is 0 Å². The molecule has 0 amide bonds. The zero-order chi connectivity index (χ0) is 22.8. The average molecular weight is 441 g/mol. The fourth-order valence-electron chi connectivity index (χ4n) is 3.70. The summed E-state index contributed by atoms with van der Waals surface area (Å²) >= 11 is 0. The van der Waals surface area contributed by atoms with Crippen LogP contribution in [0.2, 0.25) is 0 Å². The Bertz CT molecular complexity index is 395. The third-order valence-electron chi connectivity index (χ3n) is 5.78. The van der Waals surface area contributed by atoms with Crippen molar-refractivity contribution in [2.24, 2.45) is 0 Å². The standard InChI is InChI=1S/C27H52O4/c1-3-5-7-9-10-11-12-13-14-15-16-21-25-31-27(29)23-19-17-18-22-26(28)30-24-20-8-6-4-2/h3-25H2,1-2H3. The van der Waals surface area contributed by atoms with Gasteiger partial charge in [0.15, 0.2) is 0 Å². The monoisotopic (exact) mass is 440 g/mol. The molecule has 4 nitrogen and oxygen atoms in total. The van der Waals surface area contributed by atoms with Crippen LogP contribution in [0.1, 0.15) is 149 Å². The van der Waals surface area contributed by atoms with Crippen LogP contribution in [0.4, 0.5) is 0 Å². The van der Waals surface area contributed by atoms with Crippen molar-refractivity contribution in [1.82, 2.24) is 0 Å². The number of carbonyl (C=O) groups is 2. The predicted molar refractivity (Wildman–Crippen MR) is 130 cm³/mol. The van der Waals surface area contributed by atoms with E-state index in [0.29, 0.717) is 26.1 Å². The first kappa shape index (κ1) is 29.9. The van der Waals surface area contributed by atoms with Gasteiger partial charge in [-0.05, 0) is 25.7 Å². The molecule has 0 N–H and O–H groups in total. The molecule has 184 valence electrons. The molecule has 0 heterocycles. The molecule has 0 rings (SSSR count). The van der Waals surface area contributed by atoms with Crippen LogP contribution in [0, 0.1) is 0 Å². The third-order valence-corrected chi connectivity index (χ3v) is 5.78. The minimum atomic E-state index is -0.106. The first-order valence-electron chi connectivity index (χ1n) is 13.5. The lowest BCUT2D eigenvalue weighted by atomic mass is 10.1. The van der Waals surface area contributed by atoms with Gasteiger partial charge in [-0.25, -0.2) is 0 Å². The average Bonchev–Trinajstić information content (AvgIpc) is 2.76. The lowest BCUT2D eigenvalue weighted by Gasteiger charge is -2.06. The Labute approximate surface area is 193 Å². The number of carbonyl (C=O) groups excluding carboxylic acids is 2. The maximum absolute atomic E-state index is 11.8. The lowest BCUT2D eigenvalue weighted by molar-refractivity contribution is -0.144. The van der Waals surface area contributed by atoms with Gasteiger partial charge in [-0.3, -0.25) is 9.59 Å². The summed E-state index contributed by atoms with van der Waals surface area (Å²) in [6.45, 7) is 5.53. The van der Waals surface area contributed by atoms with E-state index in [4.69, 9.17) is 9.47 Å². The fraction of sp³-hybridized carbons (Fsp3) is 0.926. The minimum Gasteiger partial charge on any atom is -0.466 e. The molecule has 0 radical (unpaired) electrons. The highest BCUT2D eigenvalue weighted by molar-refractivity contribution is 5.69. The van der Waals surface area contributed by atoms with E-state index in [1.165, 1.54) is 77.0 Å². The number of esters is 2. The highest BCUT2D eigenvalue weighted by atomic mass is 16.5. The Hall–Kier alpha value is -1.06. The second-order valence-corrected chi connectivity index (χ2v) is 8.95. The zero-order valence-electron chi connectivity index (χ0n) is 20.9. The molecule has 0 unspecified atom stereocenters. The number of hydrogen-bond donors (Lipinski definition) is 0. The molecule has 0 saturated carbocycles. The number of rotatable bonds is 24. The molecular formula is C27H52O4. The van der Waals surface area contributed by atoms with Crippen molar-refractivity contribution in [3.8, 4) is 0 Å². The van der Waals surface area contributed by atoms with Crippen molar-refractivity contribution in [1.29, 1.82) is 0 Å². The van der Waals surface area contributed by atoms with Crippen molar-refractivity contribution in [3.63, 3.8) is 0 Å². The van der Waals surface area contributed by atoms with Crippen LogP contribution in [-0.2, 0) is 19.1 Å². The van der Waals surface area contributed by atoms with E-state index >= 15 is 0 Å². The summed E-state index contributed by atoms with van der Waals surface area (Å²) in [7, 11) is 0. The third kappa shape index (κ3) is 25.1. The van der Waals surface area contributed by atoms with Gasteiger partial charge in [-0.1, -0.05) is 110 Å². The molecule has 0 bridgehead atoms. The van der Waals surface area contributed by atoms with Crippen LogP contribution in [0.3, 0.4) is 0 Å². The summed E-state index contributed by atoms with van der Waals surface area (Å²) in [6, 6.07) is 0. The molecule has 0 aromatic rings. The molecule has 0 atom stereocenters. The predicted octanol–water partition coefficient (Wildman–Crippen LogP) is 8.30. The largest absolute Gasteiger partial charge is 0.466 e. The Balaban J connectivity index is 3.25. The Kier molecular flexibility index (Phi) is 24.3. The van der Waals surface area contributed by atoms with E-state index in [9.17, 15) is 9.59 Å². The van der Waals surface area contributed by atoms with Gasteiger partial charge in [0.1, 0.15) is 0 Å². The van der Waals surface area contributed by atoms with Crippen molar-refractivity contribution in [3.05, 3.63) is 0 Å². The first-order chi connectivity index (χ1) is 15.2. The van der Waals surface area contributed by atoms with Crippen molar-refractivity contribution < 1.29 is 19.1 Å². The summed E-state index contributed by atoms with van der Waals surface area (Å²) < 4.78 is 10.5. The highest BCUT2D eigenvalue weighted by Crippen LogP contribution is 2.12. The van der Waals surface area contributed by atoms with Crippen LogP contribution in [0.15, 0.2) is 0 Å². The molecule has 0 aliphatic carbocycles. The molecule has 0 aliphatic heterocycles. The van der Waals surface area contributed by atoms with E-state index in [0.717, 1.165) is 44.9 Å². The molecule has 0 fully saturated rings. The van der Waals surface area contributed by atoms with Crippen LogP contribution >= 0.6 is 0 Å². The summed E-state index contributed by atoms with van der Waals surface area (Å²) in [5.41, 5.74) is 0. The van der Waals surface area contributed by atoms with Crippen LogP contribution in [0.5, 0.6) is 0 Å². The number of ether oxygens (including phenoxy) is 2. The van der Waals surface area contributed by atoms with E-state index < -0.39 is 0 Å². The minimum absolute atomic E-state index is 0.0958. The lowest BCUT2D eigenvalue weighted by Crippen LogP contribution is -2.07. The normalized spacial score (nSPS) is 10.9. The molecule has 0 aromatic heterocycles. The SMILES string of the molecule is CCCCCCCCCCCCCCOC(=O)CCCCCC(=O)OCCCCCC. The Morgan fingerprint density at radius 2 is 0.710 bits per heavy atom. The molecule has 0 aliphatic rings. The van der Waals surface area contributed by atoms with Crippen molar-refractivity contribution in [2.75, 3.05) is 13.2 Å². The van der Waals surface area contributed by atoms with Gasteiger partial charge in [0.25, 0.3) is 0 Å². The van der Waals surface area contributed by atoms with Gasteiger partial charge in [0.05, 0.1) is 13.2 Å². The van der Waals surface area contributed by atoms with E-state index in [-0.39, 0.29) is 11.9 Å². The number of hydrogen-bond acceptors (Lipinski definition) is 4. The fourth-order valence-corrected chi connectivity index (χ4v) is 3.70. The molecule has 31 heavy (non-hydrogen) atoms. The van der Waals surface area contributed by atoms with E-state index in [1.54, 1.807) is 0 Å². The highest BCUT2D eigenvalue weighted by Gasteiger charge is 2.05. The summed E-state index contributed by atoms with van der Waals surface area (Å²) in [5, 5.41) is 0. The summed E-state index contributed by atoms with van der Waals surface area (Å²) in [5.74, 6) is -0.201. The number of unbranched alkanes of at least 4 members (excludes halogenated alkanes) is 16. The summed E-state index contributed by atoms with van der Waals surface area (Å²) in [4.78, 5) is 23.4. The maximum Gasteiger partial charge on any atom is 0.305 e. The van der Waals surface area contributed by atoms with Gasteiger partial charge in [0.2, 0.25) is 0 Å². The van der Waals surface area contributed by atoms with Crippen LogP contribution < -0.4 is 0 Å². The maximum atomic E-state index is 11.8. The van der Waals surface area contributed by atoms with Crippen molar-refractivity contribution in [2.45, 2.75) is 149 Å². The van der Waals surface area contributed by atoms with Crippen LogP contribution in [0.25, 0.3) is 0 Å². The van der Waals surface area contributed by atoms with Crippen molar-refractivity contribution >= 4 is 11.9 Å².